The molecule has 1 aromatic rings. The van der Waals surface area contributed by atoms with Gasteiger partial charge in [-0.3, -0.25) is 0 Å². The average molecular weight is 419 g/mol. The zero-order valence-electron chi connectivity index (χ0n) is 19.0. The number of hydrogen-bond donors (Lipinski definition) is 0. The maximum atomic E-state index is 2.60. The van der Waals surface area contributed by atoms with Crippen LogP contribution in [0.3, 0.4) is 0 Å². The minimum absolute atomic E-state index is 0.0438. The maximum Gasteiger partial charge on any atom is -0.0158 e. The van der Waals surface area contributed by atoms with Gasteiger partial charge < -0.3 is 0 Å². The number of hydrogen-bond acceptors (Lipinski definition) is 0. The number of benzene rings is 1. The van der Waals surface area contributed by atoms with Gasteiger partial charge in [-0.1, -0.05) is 93.5 Å². The van der Waals surface area contributed by atoms with Gasteiger partial charge in [0.05, 0.1) is 0 Å². The van der Waals surface area contributed by atoms with Crippen LogP contribution in [0.25, 0.3) is 0 Å². The van der Waals surface area contributed by atoms with Crippen LogP contribution in [-0.4, -0.2) is 22.6 Å². The normalized spacial score (nSPS) is 29.0. The van der Waals surface area contributed by atoms with E-state index in [0.717, 1.165) is 22.6 Å². The Morgan fingerprint density at radius 3 is 1.11 bits per heavy atom. The largest absolute Gasteiger partial charge is 0.0683 e. The summed E-state index contributed by atoms with van der Waals surface area (Å²) >= 11 is 0. The van der Waals surface area contributed by atoms with Gasteiger partial charge in [-0.25, -0.2) is 0 Å². The van der Waals surface area contributed by atoms with Crippen LogP contribution in [0.5, 0.6) is 0 Å². The highest BCUT2D eigenvalue weighted by Gasteiger charge is 2.41. The molecule has 0 radical (unpaired) electrons. The molecule has 0 unspecified atom stereocenters. The Bertz CT molecular complexity index is 505. The molecule has 0 bridgehead atoms. The topological polar surface area (TPSA) is 0 Å². The quantitative estimate of drug-likeness (QED) is 0.336. The molecule has 0 aliphatic carbocycles. The van der Waals surface area contributed by atoms with Crippen LogP contribution in [-0.2, 0) is 0 Å². The molecule has 2 aliphatic rings. The van der Waals surface area contributed by atoms with Gasteiger partial charge in [0.1, 0.15) is 0 Å². The standard InChI is InChI=1S/C26H44P2/c1-5-11-21-17-18-22(12-6-2)27(21)25-15-9-10-16-26(25)28-23(13-7-3)19-20-24(28)14-8-4/h9-10,15-16,21-24H,5-8,11-14,17-20H2,1-4H3/t21-,22-,23-,24-/m1/s1. The molecule has 28 heavy (non-hydrogen) atoms. The molecule has 158 valence electrons. The summed E-state index contributed by atoms with van der Waals surface area (Å²) in [4.78, 5) is 0. The van der Waals surface area contributed by atoms with Crippen LogP contribution in [0.2, 0.25) is 0 Å². The van der Waals surface area contributed by atoms with Gasteiger partial charge in [0, 0.05) is 0 Å². The molecule has 2 saturated heterocycles. The first-order valence-electron chi connectivity index (χ1n) is 12.4. The van der Waals surface area contributed by atoms with Crippen LogP contribution in [0.4, 0.5) is 0 Å². The second-order valence-electron chi connectivity index (χ2n) is 9.23. The van der Waals surface area contributed by atoms with Crippen molar-refractivity contribution >= 4 is 26.5 Å². The Morgan fingerprint density at radius 1 is 0.571 bits per heavy atom. The summed E-state index contributed by atoms with van der Waals surface area (Å²) in [6.07, 6.45) is 17.4. The Hall–Kier alpha value is 0.0800. The molecule has 4 atom stereocenters. The lowest BCUT2D eigenvalue weighted by Gasteiger charge is -2.33. The average Bonchev–Trinajstić information content (AvgIpc) is 3.27. The second-order valence-corrected chi connectivity index (χ2v) is 14.7. The summed E-state index contributed by atoms with van der Waals surface area (Å²) in [7, 11) is 0.0876. The highest BCUT2D eigenvalue weighted by atomic mass is 31.1. The highest BCUT2D eigenvalue weighted by Crippen LogP contribution is 2.62. The van der Waals surface area contributed by atoms with E-state index in [2.05, 4.69) is 52.0 Å². The van der Waals surface area contributed by atoms with Gasteiger partial charge in [-0.05, 0) is 84.6 Å². The molecule has 2 aliphatic heterocycles. The van der Waals surface area contributed by atoms with Crippen molar-refractivity contribution < 1.29 is 0 Å². The van der Waals surface area contributed by atoms with Crippen molar-refractivity contribution in [1.82, 2.24) is 0 Å². The minimum atomic E-state index is 0.0438. The van der Waals surface area contributed by atoms with Gasteiger partial charge in [0.15, 0.2) is 0 Å². The van der Waals surface area contributed by atoms with E-state index in [1.807, 2.05) is 10.6 Å². The first-order valence-corrected chi connectivity index (χ1v) is 15.4. The predicted octanol–water partition coefficient (Wildman–Crippen LogP) is 8.16. The van der Waals surface area contributed by atoms with Crippen molar-refractivity contribution in [2.45, 2.75) is 127 Å². The molecule has 0 spiro atoms. The molecule has 0 N–H and O–H groups in total. The third-order valence-corrected chi connectivity index (χ3v) is 14.4. The maximum absolute atomic E-state index is 2.60. The SMILES string of the molecule is CCC[C@@H]1CC[C@@H](CCC)P1c1ccccc1P1[C@H](CCC)CC[C@H]1CCC. The zero-order chi connectivity index (χ0) is 19.9. The van der Waals surface area contributed by atoms with E-state index in [4.69, 9.17) is 0 Å². The lowest BCUT2D eigenvalue weighted by Crippen LogP contribution is -2.30. The van der Waals surface area contributed by atoms with Crippen molar-refractivity contribution in [1.29, 1.82) is 0 Å². The smallest absolute Gasteiger partial charge is 0.0158 e. The monoisotopic (exact) mass is 418 g/mol. The molecule has 0 amide bonds. The van der Waals surface area contributed by atoms with E-state index in [-0.39, 0.29) is 15.8 Å². The minimum Gasteiger partial charge on any atom is -0.0683 e. The van der Waals surface area contributed by atoms with E-state index < -0.39 is 0 Å². The summed E-state index contributed by atoms with van der Waals surface area (Å²) in [6.45, 7) is 9.62. The molecular formula is C26H44P2. The van der Waals surface area contributed by atoms with Crippen LogP contribution < -0.4 is 10.6 Å². The Labute approximate surface area is 178 Å². The van der Waals surface area contributed by atoms with Crippen LogP contribution in [0, 0.1) is 0 Å². The van der Waals surface area contributed by atoms with E-state index in [9.17, 15) is 0 Å². The highest BCUT2D eigenvalue weighted by molar-refractivity contribution is 7.73. The molecule has 2 fully saturated rings. The van der Waals surface area contributed by atoms with Crippen molar-refractivity contribution in [2.24, 2.45) is 0 Å². The summed E-state index contributed by atoms with van der Waals surface area (Å²) in [6, 6.07) is 9.95. The van der Waals surface area contributed by atoms with Gasteiger partial charge in [-0.2, -0.15) is 0 Å². The summed E-state index contributed by atoms with van der Waals surface area (Å²) < 4.78 is 0. The zero-order valence-corrected chi connectivity index (χ0v) is 20.8. The van der Waals surface area contributed by atoms with Crippen molar-refractivity contribution in [3.8, 4) is 0 Å². The molecule has 2 heterocycles. The molecule has 0 saturated carbocycles. The fourth-order valence-electron chi connectivity index (χ4n) is 6.08. The first kappa shape index (κ1) is 22.8. The Kier molecular flexibility index (Phi) is 9.32. The van der Waals surface area contributed by atoms with Crippen molar-refractivity contribution in [3.63, 3.8) is 0 Å². The lowest BCUT2D eigenvalue weighted by atomic mass is 10.1. The lowest BCUT2D eigenvalue weighted by molar-refractivity contribution is 0.649. The van der Waals surface area contributed by atoms with Gasteiger partial charge in [0.25, 0.3) is 0 Å². The van der Waals surface area contributed by atoms with E-state index in [1.165, 1.54) is 77.0 Å². The molecule has 3 rings (SSSR count). The molecule has 1 aromatic carbocycles. The van der Waals surface area contributed by atoms with Crippen molar-refractivity contribution in [2.75, 3.05) is 0 Å². The third-order valence-electron chi connectivity index (χ3n) is 7.17. The van der Waals surface area contributed by atoms with Crippen LogP contribution in [0.1, 0.15) is 105 Å². The van der Waals surface area contributed by atoms with Gasteiger partial charge in [0.2, 0.25) is 0 Å². The van der Waals surface area contributed by atoms with Crippen LogP contribution >= 0.6 is 15.8 Å². The molecular weight excluding hydrogens is 374 g/mol. The van der Waals surface area contributed by atoms with E-state index in [0.29, 0.717) is 0 Å². The number of rotatable bonds is 10. The van der Waals surface area contributed by atoms with Crippen molar-refractivity contribution in [3.05, 3.63) is 24.3 Å². The Morgan fingerprint density at radius 2 is 0.857 bits per heavy atom. The van der Waals surface area contributed by atoms with E-state index in [1.54, 1.807) is 0 Å². The third kappa shape index (κ3) is 5.03. The van der Waals surface area contributed by atoms with E-state index >= 15 is 0 Å². The predicted molar refractivity (Wildman–Crippen MR) is 133 cm³/mol. The fourth-order valence-corrected chi connectivity index (χ4v) is 14.6. The Balaban J connectivity index is 1.98. The van der Waals surface area contributed by atoms with Crippen LogP contribution in [0.15, 0.2) is 24.3 Å². The first-order chi connectivity index (χ1) is 13.7. The molecule has 0 aromatic heterocycles. The van der Waals surface area contributed by atoms with Gasteiger partial charge >= 0.3 is 0 Å². The van der Waals surface area contributed by atoms with Gasteiger partial charge in [-0.15, -0.1) is 0 Å². The second kappa shape index (κ2) is 11.5. The summed E-state index contributed by atoms with van der Waals surface area (Å²) in [5, 5.41) is 3.75. The fraction of sp³-hybridized carbons (Fsp3) is 0.769. The molecule has 0 nitrogen and oxygen atoms in total. The summed E-state index contributed by atoms with van der Waals surface area (Å²) in [5.41, 5.74) is 4.02. The molecule has 2 heteroatoms. The summed E-state index contributed by atoms with van der Waals surface area (Å²) in [5.74, 6) is 0.